The van der Waals surface area contributed by atoms with Crippen LogP contribution in [0.1, 0.15) is 18.2 Å². The van der Waals surface area contributed by atoms with Gasteiger partial charge in [0.25, 0.3) is 0 Å². The molecule has 0 saturated heterocycles. The van der Waals surface area contributed by atoms with Crippen LogP contribution in [0.4, 0.5) is 17.5 Å². The first-order chi connectivity index (χ1) is 14.1. The Morgan fingerprint density at radius 3 is 2.52 bits per heavy atom. The van der Waals surface area contributed by atoms with Crippen molar-refractivity contribution in [2.24, 2.45) is 0 Å². The van der Waals surface area contributed by atoms with Gasteiger partial charge in [-0.3, -0.25) is 0 Å². The van der Waals surface area contributed by atoms with Crippen molar-refractivity contribution >= 4 is 34.8 Å². The van der Waals surface area contributed by atoms with Crippen LogP contribution in [-0.4, -0.2) is 28.2 Å². The van der Waals surface area contributed by atoms with Gasteiger partial charge in [0, 0.05) is 24.0 Å². The van der Waals surface area contributed by atoms with Crippen LogP contribution in [0.25, 0.3) is 0 Å². The Hall–Kier alpha value is -3.19. The minimum absolute atomic E-state index is 0.454. The number of anilines is 3. The molecule has 0 bridgehead atoms. The third kappa shape index (κ3) is 6.73. The van der Waals surface area contributed by atoms with Crippen LogP contribution in [0.2, 0.25) is 0 Å². The highest BCUT2D eigenvalue weighted by Crippen LogP contribution is 2.20. The Kier molecular flexibility index (Phi) is 7.35. The summed E-state index contributed by atoms with van der Waals surface area (Å²) >= 11 is 5.37. The van der Waals surface area contributed by atoms with E-state index in [0.29, 0.717) is 23.5 Å². The van der Waals surface area contributed by atoms with E-state index in [0.717, 1.165) is 30.1 Å². The molecule has 0 aliphatic rings. The van der Waals surface area contributed by atoms with Crippen molar-refractivity contribution in [3.63, 3.8) is 0 Å². The predicted octanol–water partition coefficient (Wildman–Crippen LogP) is 4.46. The van der Waals surface area contributed by atoms with Crippen molar-refractivity contribution in [3.05, 3.63) is 71.9 Å². The van der Waals surface area contributed by atoms with E-state index in [9.17, 15) is 0 Å². The van der Waals surface area contributed by atoms with Gasteiger partial charge in [-0.2, -0.15) is 4.98 Å². The molecular formula is C22H25N5OS. The molecule has 0 aliphatic heterocycles. The zero-order valence-corrected chi connectivity index (χ0v) is 17.4. The fraction of sp³-hybridized carbons (Fsp3) is 0.227. The molecule has 0 atom stereocenters. The van der Waals surface area contributed by atoms with Crippen molar-refractivity contribution < 1.29 is 4.74 Å². The first-order valence-electron chi connectivity index (χ1n) is 9.56. The molecule has 1 heterocycles. The molecule has 0 fully saturated rings. The number of nitrogens with zero attached hydrogens (tertiary/aromatic N) is 2. The normalized spacial score (nSPS) is 10.3. The molecule has 0 amide bonds. The van der Waals surface area contributed by atoms with E-state index in [2.05, 4.69) is 38.1 Å². The summed E-state index contributed by atoms with van der Waals surface area (Å²) in [6, 6.07) is 19.9. The minimum atomic E-state index is 0.454. The molecular weight excluding hydrogens is 382 g/mol. The van der Waals surface area contributed by atoms with E-state index in [1.807, 2.05) is 62.4 Å². The van der Waals surface area contributed by atoms with Gasteiger partial charge in [-0.25, -0.2) is 4.98 Å². The molecule has 0 aliphatic carbocycles. The summed E-state index contributed by atoms with van der Waals surface area (Å²) < 4.78 is 5.47. The van der Waals surface area contributed by atoms with Gasteiger partial charge in [0.1, 0.15) is 11.6 Å². The Labute approximate surface area is 176 Å². The molecule has 0 spiro atoms. The fourth-order valence-corrected chi connectivity index (χ4v) is 2.94. The Bertz CT molecular complexity index is 932. The lowest BCUT2D eigenvalue weighted by Crippen LogP contribution is -2.31. The number of aromatic nitrogens is 2. The summed E-state index contributed by atoms with van der Waals surface area (Å²) in [6.45, 7) is 5.26. The molecule has 0 saturated carbocycles. The number of nitrogens with one attached hydrogen (secondary N) is 3. The summed E-state index contributed by atoms with van der Waals surface area (Å²) in [4.78, 5) is 8.91. The molecule has 1 aromatic heterocycles. The molecule has 150 valence electrons. The molecule has 3 aromatic rings. The SMILES string of the molecule is CCOc1ccc(Nc2cc(C)nc(NC(=S)NCCc3ccccc3)n2)cc1. The van der Waals surface area contributed by atoms with Crippen LogP contribution in [0.3, 0.4) is 0 Å². The number of hydrogen-bond acceptors (Lipinski definition) is 5. The van der Waals surface area contributed by atoms with Gasteiger partial charge in [-0.1, -0.05) is 30.3 Å². The standard InChI is InChI=1S/C22H25N5OS/c1-3-28-19-11-9-18(10-12-19)25-20-15-16(2)24-21(26-20)27-22(29)23-14-13-17-7-5-4-6-8-17/h4-12,15H,3,13-14H2,1-2H3,(H3,23,24,25,26,27,29). The predicted molar refractivity (Wildman–Crippen MR) is 122 cm³/mol. The zero-order valence-electron chi connectivity index (χ0n) is 16.6. The highest BCUT2D eigenvalue weighted by molar-refractivity contribution is 7.80. The number of hydrogen-bond donors (Lipinski definition) is 3. The summed E-state index contributed by atoms with van der Waals surface area (Å²) in [5, 5.41) is 10.0. The zero-order chi connectivity index (χ0) is 20.5. The molecule has 0 unspecified atom stereocenters. The van der Waals surface area contributed by atoms with Crippen LogP contribution >= 0.6 is 12.2 Å². The Balaban J connectivity index is 1.55. The summed E-state index contributed by atoms with van der Waals surface area (Å²) in [6.07, 6.45) is 0.891. The monoisotopic (exact) mass is 407 g/mol. The molecule has 29 heavy (non-hydrogen) atoms. The second-order valence-electron chi connectivity index (χ2n) is 6.42. The lowest BCUT2D eigenvalue weighted by atomic mass is 10.1. The van der Waals surface area contributed by atoms with Gasteiger partial charge < -0.3 is 20.7 Å². The maximum Gasteiger partial charge on any atom is 0.231 e. The lowest BCUT2D eigenvalue weighted by Gasteiger charge is -2.12. The van der Waals surface area contributed by atoms with Crippen molar-refractivity contribution in [1.29, 1.82) is 0 Å². The average Bonchev–Trinajstić information content (AvgIpc) is 2.70. The van der Waals surface area contributed by atoms with Crippen molar-refractivity contribution in [3.8, 4) is 5.75 Å². The average molecular weight is 408 g/mol. The molecule has 3 rings (SSSR count). The maximum absolute atomic E-state index is 5.47. The quantitative estimate of drug-likeness (QED) is 0.476. The van der Waals surface area contributed by atoms with Gasteiger partial charge in [0.2, 0.25) is 5.95 Å². The van der Waals surface area contributed by atoms with E-state index in [1.54, 1.807) is 0 Å². The molecule has 7 heteroatoms. The number of thiocarbonyl (C=S) groups is 1. The van der Waals surface area contributed by atoms with Crippen molar-refractivity contribution in [2.75, 3.05) is 23.8 Å². The van der Waals surface area contributed by atoms with Crippen LogP contribution in [0.15, 0.2) is 60.7 Å². The third-order valence-electron chi connectivity index (χ3n) is 4.06. The number of rotatable bonds is 8. The third-order valence-corrected chi connectivity index (χ3v) is 4.31. The largest absolute Gasteiger partial charge is 0.494 e. The number of aryl methyl sites for hydroxylation is 1. The molecule has 0 radical (unpaired) electrons. The molecule has 6 nitrogen and oxygen atoms in total. The highest BCUT2D eigenvalue weighted by atomic mass is 32.1. The maximum atomic E-state index is 5.47. The van der Waals surface area contributed by atoms with Crippen LogP contribution in [0.5, 0.6) is 5.75 Å². The van der Waals surface area contributed by atoms with Gasteiger partial charge in [0.05, 0.1) is 6.61 Å². The highest BCUT2D eigenvalue weighted by Gasteiger charge is 2.05. The summed E-state index contributed by atoms with van der Waals surface area (Å²) in [7, 11) is 0. The fourth-order valence-electron chi connectivity index (χ4n) is 2.75. The van der Waals surface area contributed by atoms with Crippen molar-refractivity contribution in [2.45, 2.75) is 20.3 Å². The van der Waals surface area contributed by atoms with Gasteiger partial charge in [-0.15, -0.1) is 0 Å². The molecule has 2 aromatic carbocycles. The second-order valence-corrected chi connectivity index (χ2v) is 6.83. The minimum Gasteiger partial charge on any atom is -0.494 e. The van der Waals surface area contributed by atoms with E-state index in [1.165, 1.54) is 5.56 Å². The smallest absolute Gasteiger partial charge is 0.231 e. The number of ether oxygens (including phenoxy) is 1. The van der Waals surface area contributed by atoms with E-state index < -0.39 is 0 Å². The summed E-state index contributed by atoms with van der Waals surface area (Å²) in [5.41, 5.74) is 3.01. The molecule has 3 N–H and O–H groups in total. The first-order valence-corrected chi connectivity index (χ1v) is 9.97. The second kappa shape index (κ2) is 10.4. The van der Waals surface area contributed by atoms with Gasteiger partial charge in [-0.05, 0) is 62.3 Å². The van der Waals surface area contributed by atoms with E-state index in [4.69, 9.17) is 17.0 Å². The Morgan fingerprint density at radius 1 is 1.03 bits per heavy atom. The van der Waals surface area contributed by atoms with Gasteiger partial charge in [0.15, 0.2) is 5.11 Å². The lowest BCUT2D eigenvalue weighted by molar-refractivity contribution is 0.340. The van der Waals surface area contributed by atoms with E-state index >= 15 is 0 Å². The Morgan fingerprint density at radius 2 is 1.79 bits per heavy atom. The summed E-state index contributed by atoms with van der Waals surface area (Å²) in [5.74, 6) is 1.98. The van der Waals surface area contributed by atoms with E-state index in [-0.39, 0.29) is 0 Å². The van der Waals surface area contributed by atoms with Crippen LogP contribution in [0, 0.1) is 6.92 Å². The first kappa shape index (κ1) is 20.5. The van der Waals surface area contributed by atoms with Crippen molar-refractivity contribution in [1.82, 2.24) is 15.3 Å². The van der Waals surface area contributed by atoms with Gasteiger partial charge >= 0.3 is 0 Å². The van der Waals surface area contributed by atoms with Crippen LogP contribution in [-0.2, 0) is 6.42 Å². The topological polar surface area (TPSA) is 71.1 Å². The number of benzene rings is 2. The van der Waals surface area contributed by atoms with Crippen LogP contribution < -0.4 is 20.7 Å².